The van der Waals surface area contributed by atoms with Gasteiger partial charge in [0, 0.05) is 17.2 Å². The quantitative estimate of drug-likeness (QED) is 0.0270. The second kappa shape index (κ2) is 22.6. The first-order valence-corrected chi connectivity index (χ1v) is 18.4. The Morgan fingerprint density at radius 1 is 0.574 bits per heavy atom. The maximum atomic E-state index is 12.2. The molecule has 5 aromatic carbocycles. The minimum atomic E-state index is -0.607. The fourth-order valence-corrected chi connectivity index (χ4v) is 5.59. The van der Waals surface area contributed by atoms with Gasteiger partial charge in [-0.3, -0.25) is 9.59 Å². The zero-order valence-corrected chi connectivity index (χ0v) is 31.6. The van der Waals surface area contributed by atoms with Crippen LogP contribution in [0.4, 0.5) is 0 Å². The van der Waals surface area contributed by atoms with Gasteiger partial charge in [0.15, 0.2) is 6.10 Å². The van der Waals surface area contributed by atoms with Gasteiger partial charge in [-0.1, -0.05) is 97.6 Å². The second-order valence-corrected chi connectivity index (χ2v) is 12.6. The van der Waals surface area contributed by atoms with Gasteiger partial charge < -0.3 is 28.4 Å². The average molecular weight is 772 g/mol. The fourth-order valence-electron chi connectivity index (χ4n) is 5.28. The number of esters is 2. The summed E-state index contributed by atoms with van der Waals surface area (Å²) in [6.45, 7) is 5.81. The molecule has 0 fully saturated rings. The Bertz CT molecular complexity index is 1820. The van der Waals surface area contributed by atoms with Gasteiger partial charge in [-0.2, -0.15) is 0 Å². The molecule has 5 aromatic rings. The van der Waals surface area contributed by atoms with Crippen LogP contribution < -0.4 is 18.9 Å². The van der Waals surface area contributed by atoms with Crippen molar-refractivity contribution in [3.05, 3.63) is 169 Å². The van der Waals surface area contributed by atoms with Gasteiger partial charge >= 0.3 is 11.9 Å². The van der Waals surface area contributed by atoms with Crippen molar-refractivity contribution in [3.63, 3.8) is 0 Å². The third-order valence-corrected chi connectivity index (χ3v) is 8.51. The first kappa shape index (κ1) is 41.3. The normalized spacial score (nSPS) is 12.1. The summed E-state index contributed by atoms with van der Waals surface area (Å²) in [4.78, 5) is 22.5. The third kappa shape index (κ3) is 13.2. The van der Waals surface area contributed by atoms with E-state index in [2.05, 4.69) is 54.6 Å². The Kier molecular flexibility index (Phi) is 17.3. The van der Waals surface area contributed by atoms with Crippen LogP contribution >= 0.6 is 23.2 Å². The van der Waals surface area contributed by atoms with Crippen LogP contribution in [0.25, 0.3) is 0 Å². The number of carbonyl (C=O) groups excluding carboxylic acids is 2. The molecule has 0 spiro atoms. The summed E-state index contributed by atoms with van der Waals surface area (Å²) < 4.78 is 33.4. The lowest BCUT2D eigenvalue weighted by atomic mass is 9.71. The highest BCUT2D eigenvalue weighted by Gasteiger charge is 2.31. The van der Waals surface area contributed by atoms with Crippen LogP contribution in [0.1, 0.15) is 36.5 Å². The molecule has 0 radical (unpaired) electrons. The largest absolute Gasteiger partial charge is 0.490 e. The number of hydrogen-bond donors (Lipinski definition) is 0. The highest BCUT2D eigenvalue weighted by atomic mass is 35.5. The molecule has 0 heterocycles. The molecular weight excluding hydrogens is 727 g/mol. The molecule has 2 atom stereocenters. The molecule has 2 unspecified atom stereocenters. The van der Waals surface area contributed by atoms with Gasteiger partial charge in [-0.15, -0.1) is 23.2 Å². The molecule has 0 aliphatic rings. The van der Waals surface area contributed by atoms with Crippen LogP contribution in [0.3, 0.4) is 0 Å². The van der Waals surface area contributed by atoms with E-state index in [0.717, 1.165) is 34.5 Å². The highest BCUT2D eigenvalue weighted by Crippen LogP contribution is 2.40. The fraction of sp³-hybridized carbons (Fsp3) is 0.227. The first-order chi connectivity index (χ1) is 26.3. The Morgan fingerprint density at radius 2 is 0.963 bits per heavy atom. The lowest BCUT2D eigenvalue weighted by molar-refractivity contribution is -0.151. The number of para-hydroxylation sites is 2. The van der Waals surface area contributed by atoms with E-state index in [-0.39, 0.29) is 44.7 Å². The van der Waals surface area contributed by atoms with Crippen molar-refractivity contribution in [1.29, 1.82) is 0 Å². The number of carbonyl (C=O) groups is 2. The maximum Gasteiger partial charge on any atom is 0.311 e. The van der Waals surface area contributed by atoms with E-state index in [4.69, 9.17) is 46.9 Å². The van der Waals surface area contributed by atoms with E-state index in [1.165, 1.54) is 0 Å². The van der Waals surface area contributed by atoms with Gasteiger partial charge in [0.2, 0.25) is 6.79 Å². The summed E-state index contributed by atoms with van der Waals surface area (Å²) in [5.41, 5.74) is 2.88. The molecule has 0 saturated carbocycles. The molecule has 0 amide bonds. The zero-order chi connectivity index (χ0) is 38.4. The van der Waals surface area contributed by atoms with E-state index in [1.807, 2.05) is 103 Å². The molecule has 0 saturated heterocycles. The zero-order valence-electron chi connectivity index (χ0n) is 30.1. The summed E-state index contributed by atoms with van der Waals surface area (Å²) in [5, 5.41) is 0. The minimum Gasteiger partial charge on any atom is -0.490 e. The van der Waals surface area contributed by atoms with Crippen molar-refractivity contribution in [3.8, 4) is 23.0 Å². The predicted octanol–water partition coefficient (Wildman–Crippen LogP) is 9.76. The summed E-state index contributed by atoms with van der Waals surface area (Å²) in [6.07, 6.45) is 0.844. The lowest BCUT2D eigenvalue weighted by Crippen LogP contribution is -2.31. The van der Waals surface area contributed by atoms with E-state index in [0.29, 0.717) is 17.4 Å². The van der Waals surface area contributed by atoms with E-state index in [1.54, 1.807) is 0 Å². The SMILES string of the molecule is C=COC(=O)CCCl.CC(c1ccccc1)(c1ccc(OCOc2ccccc2)cc1)c1ccc(OCC(COc2ccccc2)OC(=O)CCCl)cc1. The van der Waals surface area contributed by atoms with E-state index < -0.39 is 17.5 Å². The van der Waals surface area contributed by atoms with Crippen molar-refractivity contribution < 1.29 is 38.0 Å². The van der Waals surface area contributed by atoms with Crippen molar-refractivity contribution in [2.24, 2.45) is 0 Å². The molecule has 0 aliphatic carbocycles. The molecule has 10 heteroatoms. The van der Waals surface area contributed by atoms with Gasteiger partial charge in [0.05, 0.1) is 19.1 Å². The standard InChI is InChI=1S/C39H37ClO6.C5H7ClO2/c1-39(30-11-5-2-6-12-30,32-19-23-36(24-20-32)45-29-44-34-15-9-4-10-16-34)31-17-21-35(22-18-31)43-28-37(46-38(41)25-26-40)27-42-33-13-7-3-8-14-33;1-2-8-5(7)3-4-6/h2-24,37H,25-29H2,1H3;2H,1,3-4H2. The second-order valence-electron chi connectivity index (χ2n) is 11.8. The van der Waals surface area contributed by atoms with Gasteiger partial charge in [-0.25, -0.2) is 0 Å². The summed E-state index contributed by atoms with van der Waals surface area (Å²) in [5.74, 6) is 2.57. The Balaban J connectivity index is 0.000000730. The maximum absolute atomic E-state index is 12.2. The van der Waals surface area contributed by atoms with Gasteiger partial charge in [0.1, 0.15) is 36.2 Å². The molecule has 0 N–H and O–H groups in total. The Hall–Kier alpha value is -5.44. The van der Waals surface area contributed by atoms with Crippen LogP contribution in [-0.2, 0) is 24.5 Å². The topological polar surface area (TPSA) is 89.5 Å². The molecule has 54 heavy (non-hydrogen) atoms. The molecular formula is C44H44Cl2O8. The number of benzene rings is 5. The third-order valence-electron chi connectivity index (χ3n) is 8.13. The monoisotopic (exact) mass is 770 g/mol. The number of rotatable bonds is 19. The summed E-state index contributed by atoms with van der Waals surface area (Å²) in [7, 11) is 0. The van der Waals surface area contributed by atoms with Gasteiger partial charge in [0.25, 0.3) is 0 Å². The lowest BCUT2D eigenvalue weighted by Gasteiger charge is -2.32. The molecule has 0 aliphatic heterocycles. The van der Waals surface area contributed by atoms with Crippen molar-refractivity contribution in [2.45, 2.75) is 31.3 Å². The summed E-state index contributed by atoms with van der Waals surface area (Å²) in [6, 6.07) is 45.4. The smallest absolute Gasteiger partial charge is 0.311 e. The van der Waals surface area contributed by atoms with Crippen LogP contribution in [0.5, 0.6) is 23.0 Å². The summed E-state index contributed by atoms with van der Waals surface area (Å²) >= 11 is 10.9. The molecule has 0 bridgehead atoms. The Labute approximate surface area is 327 Å². The van der Waals surface area contributed by atoms with Crippen molar-refractivity contribution >= 4 is 35.1 Å². The highest BCUT2D eigenvalue weighted by molar-refractivity contribution is 6.19. The Morgan fingerprint density at radius 3 is 1.43 bits per heavy atom. The van der Waals surface area contributed by atoms with Crippen LogP contribution in [0.2, 0.25) is 0 Å². The number of halogens is 2. The van der Waals surface area contributed by atoms with E-state index in [9.17, 15) is 9.59 Å². The number of alkyl halides is 2. The average Bonchev–Trinajstić information content (AvgIpc) is 3.21. The molecule has 0 aromatic heterocycles. The molecule has 8 nitrogen and oxygen atoms in total. The van der Waals surface area contributed by atoms with Crippen molar-refractivity contribution in [1.82, 2.24) is 0 Å². The van der Waals surface area contributed by atoms with Crippen LogP contribution in [0.15, 0.2) is 152 Å². The van der Waals surface area contributed by atoms with E-state index >= 15 is 0 Å². The first-order valence-electron chi connectivity index (χ1n) is 17.4. The predicted molar refractivity (Wildman–Crippen MR) is 212 cm³/mol. The van der Waals surface area contributed by atoms with Crippen LogP contribution in [-0.4, -0.2) is 49.8 Å². The van der Waals surface area contributed by atoms with Gasteiger partial charge in [-0.05, 0) is 72.1 Å². The van der Waals surface area contributed by atoms with Crippen LogP contribution in [0, 0.1) is 0 Å². The number of ether oxygens (including phenoxy) is 6. The minimum absolute atomic E-state index is 0.116. The molecule has 5 rings (SSSR count). The number of hydrogen-bond acceptors (Lipinski definition) is 8. The van der Waals surface area contributed by atoms with Crippen molar-refractivity contribution in [2.75, 3.05) is 31.8 Å². The molecule has 282 valence electrons.